The number of hydrogen-bond acceptors (Lipinski definition) is 4. The van der Waals surface area contributed by atoms with Crippen LogP contribution in [0.4, 0.5) is 5.13 Å². The molecule has 0 aliphatic carbocycles. The van der Waals surface area contributed by atoms with Gasteiger partial charge in [0.2, 0.25) is 0 Å². The summed E-state index contributed by atoms with van der Waals surface area (Å²) in [7, 11) is 0. The highest BCUT2D eigenvalue weighted by Gasteiger charge is 2.10. The van der Waals surface area contributed by atoms with Crippen LogP contribution in [0.2, 0.25) is 0 Å². The van der Waals surface area contributed by atoms with Crippen LogP contribution in [0.15, 0.2) is 78.7 Å². The number of aromatic nitrogens is 3. The third kappa shape index (κ3) is 3.34. The predicted octanol–water partition coefficient (Wildman–Crippen LogP) is 4.25. The van der Waals surface area contributed by atoms with Crippen molar-refractivity contribution >= 4 is 22.4 Å². The summed E-state index contributed by atoms with van der Waals surface area (Å²) in [4.78, 5) is 20.9. The summed E-state index contributed by atoms with van der Waals surface area (Å²) in [5.41, 5.74) is 3.33. The molecule has 1 amide bonds. The van der Waals surface area contributed by atoms with Crippen LogP contribution in [0, 0.1) is 0 Å². The van der Waals surface area contributed by atoms with Gasteiger partial charge in [-0.25, -0.2) is 4.98 Å². The number of carbonyl (C=O) groups excluding carboxylic acids is 1. The van der Waals surface area contributed by atoms with E-state index in [0.29, 0.717) is 10.7 Å². The molecular weight excluding hydrogens is 332 g/mol. The van der Waals surface area contributed by atoms with Crippen molar-refractivity contribution in [1.29, 1.82) is 0 Å². The van der Waals surface area contributed by atoms with E-state index in [9.17, 15) is 4.79 Å². The molecule has 4 rings (SSSR count). The fourth-order valence-electron chi connectivity index (χ4n) is 2.44. The van der Waals surface area contributed by atoms with Gasteiger partial charge in [-0.3, -0.25) is 15.1 Å². The monoisotopic (exact) mass is 346 g/mol. The first-order valence-electron chi connectivity index (χ1n) is 7.70. The van der Waals surface area contributed by atoms with Gasteiger partial charge in [0.25, 0.3) is 5.91 Å². The van der Waals surface area contributed by atoms with Crippen LogP contribution in [0.1, 0.15) is 10.4 Å². The lowest BCUT2D eigenvalue weighted by atomic mass is 10.2. The van der Waals surface area contributed by atoms with Crippen LogP contribution in [0.25, 0.3) is 16.9 Å². The van der Waals surface area contributed by atoms with Crippen LogP contribution < -0.4 is 5.32 Å². The molecule has 0 saturated carbocycles. The third-order valence-electron chi connectivity index (χ3n) is 3.71. The highest BCUT2D eigenvalue weighted by Crippen LogP contribution is 2.24. The number of nitrogens with zero attached hydrogens (tertiary/aromatic N) is 3. The van der Waals surface area contributed by atoms with Gasteiger partial charge in [-0.05, 0) is 48.5 Å². The van der Waals surface area contributed by atoms with Gasteiger partial charge in [-0.1, -0.05) is 0 Å². The lowest BCUT2D eigenvalue weighted by molar-refractivity contribution is 0.102. The molecule has 25 heavy (non-hydrogen) atoms. The van der Waals surface area contributed by atoms with E-state index in [2.05, 4.69) is 15.3 Å². The number of nitrogens with one attached hydrogen (secondary N) is 1. The largest absolute Gasteiger partial charge is 0.324 e. The smallest absolute Gasteiger partial charge is 0.257 e. The first-order chi connectivity index (χ1) is 12.3. The van der Waals surface area contributed by atoms with Gasteiger partial charge in [-0.15, -0.1) is 11.3 Å². The zero-order valence-corrected chi connectivity index (χ0v) is 14.0. The molecule has 3 aromatic heterocycles. The minimum atomic E-state index is -0.175. The topological polar surface area (TPSA) is 59.8 Å². The normalized spacial score (nSPS) is 10.6. The van der Waals surface area contributed by atoms with E-state index in [1.165, 1.54) is 11.3 Å². The van der Waals surface area contributed by atoms with Crippen molar-refractivity contribution in [3.05, 3.63) is 84.3 Å². The van der Waals surface area contributed by atoms with Gasteiger partial charge in [0, 0.05) is 47.0 Å². The van der Waals surface area contributed by atoms with Crippen LogP contribution >= 0.6 is 11.3 Å². The fraction of sp³-hybridized carbons (Fsp3) is 0. The average Bonchev–Trinajstić information content (AvgIpc) is 3.35. The standard InChI is InChI=1S/C19H14N4OS/c24-18(14-5-7-16(8-6-14)23-10-1-2-11-23)22-19-21-17(13-25-19)15-4-3-9-20-12-15/h1-13H,(H,21,22,24). The SMILES string of the molecule is O=C(Nc1nc(-c2cccnc2)cs1)c1ccc(-n2cccc2)cc1. The molecular formula is C19H14N4OS. The summed E-state index contributed by atoms with van der Waals surface area (Å²) in [6.45, 7) is 0. The van der Waals surface area contributed by atoms with Crippen molar-refractivity contribution in [1.82, 2.24) is 14.5 Å². The van der Waals surface area contributed by atoms with Crippen LogP contribution in [-0.2, 0) is 0 Å². The number of thiazole rings is 1. The highest BCUT2D eigenvalue weighted by molar-refractivity contribution is 7.14. The fourth-order valence-corrected chi connectivity index (χ4v) is 3.15. The number of pyridine rings is 1. The maximum absolute atomic E-state index is 12.4. The second-order valence-electron chi connectivity index (χ2n) is 5.37. The van der Waals surface area contributed by atoms with E-state index in [-0.39, 0.29) is 5.91 Å². The molecule has 0 atom stereocenters. The maximum atomic E-state index is 12.4. The Kier molecular flexibility index (Phi) is 4.10. The molecule has 0 saturated heterocycles. The number of anilines is 1. The van der Waals surface area contributed by atoms with E-state index < -0.39 is 0 Å². The van der Waals surface area contributed by atoms with Gasteiger partial charge in [0.1, 0.15) is 0 Å². The summed E-state index contributed by atoms with van der Waals surface area (Å²) >= 11 is 1.39. The van der Waals surface area contributed by atoms with E-state index in [1.54, 1.807) is 24.5 Å². The predicted molar refractivity (Wildman–Crippen MR) is 99.1 cm³/mol. The molecule has 0 unspecified atom stereocenters. The second-order valence-corrected chi connectivity index (χ2v) is 6.23. The molecule has 0 spiro atoms. The molecule has 6 heteroatoms. The quantitative estimate of drug-likeness (QED) is 0.601. The number of amides is 1. The summed E-state index contributed by atoms with van der Waals surface area (Å²) in [5, 5.41) is 5.32. The molecule has 0 fully saturated rings. The van der Waals surface area contributed by atoms with Crippen LogP contribution in [0.3, 0.4) is 0 Å². The number of hydrogen-bond donors (Lipinski definition) is 1. The Labute approximate surface area is 148 Å². The summed E-state index contributed by atoms with van der Waals surface area (Å²) < 4.78 is 1.99. The van der Waals surface area contributed by atoms with E-state index in [1.807, 2.05) is 58.7 Å². The molecule has 0 bridgehead atoms. The zero-order chi connectivity index (χ0) is 17.1. The Bertz CT molecular complexity index is 976. The molecule has 0 aliphatic rings. The van der Waals surface area contributed by atoms with Crippen LogP contribution in [-0.4, -0.2) is 20.4 Å². The molecule has 4 aromatic rings. The minimum Gasteiger partial charge on any atom is -0.324 e. The Balaban J connectivity index is 1.48. The average molecular weight is 346 g/mol. The maximum Gasteiger partial charge on any atom is 0.257 e. The Morgan fingerprint density at radius 3 is 2.56 bits per heavy atom. The molecule has 0 radical (unpaired) electrons. The van der Waals surface area contributed by atoms with Gasteiger partial charge >= 0.3 is 0 Å². The summed E-state index contributed by atoms with van der Waals surface area (Å²) in [6.07, 6.45) is 7.39. The number of carbonyl (C=O) groups is 1. The minimum absolute atomic E-state index is 0.175. The molecule has 1 aromatic carbocycles. The summed E-state index contributed by atoms with van der Waals surface area (Å²) in [5.74, 6) is -0.175. The zero-order valence-electron chi connectivity index (χ0n) is 13.2. The van der Waals surface area contributed by atoms with Crippen molar-refractivity contribution in [3.63, 3.8) is 0 Å². The molecule has 5 nitrogen and oxygen atoms in total. The lowest BCUT2D eigenvalue weighted by Crippen LogP contribution is -2.11. The van der Waals surface area contributed by atoms with Crippen molar-refractivity contribution in [2.75, 3.05) is 5.32 Å². The Morgan fingerprint density at radius 1 is 1.04 bits per heavy atom. The summed E-state index contributed by atoms with van der Waals surface area (Å²) in [6, 6.07) is 15.2. The van der Waals surface area contributed by atoms with Gasteiger partial charge in [-0.2, -0.15) is 0 Å². The Morgan fingerprint density at radius 2 is 1.84 bits per heavy atom. The second kappa shape index (κ2) is 6.70. The first kappa shape index (κ1) is 15.3. The van der Waals surface area contributed by atoms with Gasteiger partial charge in [0.15, 0.2) is 5.13 Å². The van der Waals surface area contributed by atoms with Crippen molar-refractivity contribution in [2.24, 2.45) is 0 Å². The Hall–Kier alpha value is -3.25. The van der Waals surface area contributed by atoms with E-state index in [4.69, 9.17) is 0 Å². The lowest BCUT2D eigenvalue weighted by Gasteiger charge is -2.05. The number of benzene rings is 1. The molecule has 122 valence electrons. The number of rotatable bonds is 4. The molecule has 3 heterocycles. The third-order valence-corrected chi connectivity index (χ3v) is 4.47. The van der Waals surface area contributed by atoms with Crippen LogP contribution in [0.5, 0.6) is 0 Å². The highest BCUT2D eigenvalue weighted by atomic mass is 32.1. The van der Waals surface area contributed by atoms with Crippen molar-refractivity contribution < 1.29 is 4.79 Å². The molecule has 0 aliphatic heterocycles. The van der Waals surface area contributed by atoms with Crippen molar-refractivity contribution in [2.45, 2.75) is 0 Å². The van der Waals surface area contributed by atoms with Gasteiger partial charge < -0.3 is 4.57 Å². The van der Waals surface area contributed by atoms with E-state index >= 15 is 0 Å². The van der Waals surface area contributed by atoms with Crippen molar-refractivity contribution in [3.8, 4) is 16.9 Å². The van der Waals surface area contributed by atoms with Gasteiger partial charge in [0.05, 0.1) is 5.69 Å². The first-order valence-corrected chi connectivity index (χ1v) is 8.58. The van der Waals surface area contributed by atoms with E-state index in [0.717, 1.165) is 16.9 Å². The molecule has 1 N–H and O–H groups in total.